The van der Waals surface area contributed by atoms with Gasteiger partial charge in [-0.15, -0.1) is 0 Å². The number of hydrogen-bond donors (Lipinski definition) is 1. The predicted molar refractivity (Wildman–Crippen MR) is 94.2 cm³/mol. The molecular formula is C20H25NO5. The molecule has 2 aliphatic heterocycles. The number of hydrogen-bond acceptors (Lipinski definition) is 4. The van der Waals surface area contributed by atoms with E-state index in [0.29, 0.717) is 37.4 Å². The van der Waals surface area contributed by atoms with Gasteiger partial charge >= 0.3 is 5.97 Å². The lowest BCUT2D eigenvalue weighted by Crippen LogP contribution is -2.37. The first kappa shape index (κ1) is 17.3. The number of fused-ring (bicyclic) bond motifs is 1. The fourth-order valence-electron chi connectivity index (χ4n) is 4.66. The first-order chi connectivity index (χ1) is 12.6. The van der Waals surface area contributed by atoms with Gasteiger partial charge in [-0.2, -0.15) is 0 Å². The summed E-state index contributed by atoms with van der Waals surface area (Å²) in [6.07, 6.45) is 4.69. The van der Waals surface area contributed by atoms with Gasteiger partial charge in [-0.25, -0.2) is 0 Å². The van der Waals surface area contributed by atoms with Gasteiger partial charge in [0.05, 0.1) is 11.5 Å². The van der Waals surface area contributed by atoms with Crippen molar-refractivity contribution in [3.05, 3.63) is 29.8 Å². The standard InChI is InChI=1S/C20H25NO5/c22-18(21-11-15-5-2-8-20(15,13-21)19(23)24)14-4-1-6-16(10-14)26-12-17-7-3-9-25-17/h1,4,6,10,15,17H,2-3,5,7-9,11-13H2,(H,23,24)/t15-,17?,20+/m0/s1. The SMILES string of the molecule is O=C(c1cccc(OCC2CCCO2)c1)N1C[C@@H]2CCC[C@@]2(C(=O)O)C1. The second-order valence-electron chi connectivity index (χ2n) is 7.71. The lowest BCUT2D eigenvalue weighted by molar-refractivity contribution is -0.149. The molecular weight excluding hydrogens is 334 g/mol. The van der Waals surface area contributed by atoms with E-state index in [-0.39, 0.29) is 17.9 Å². The normalized spacial score (nSPS) is 30.4. The van der Waals surface area contributed by atoms with Gasteiger partial charge in [0.15, 0.2) is 0 Å². The van der Waals surface area contributed by atoms with Crippen molar-refractivity contribution in [1.82, 2.24) is 4.90 Å². The molecule has 26 heavy (non-hydrogen) atoms. The number of likely N-dealkylation sites (tertiary alicyclic amines) is 1. The van der Waals surface area contributed by atoms with Crippen LogP contribution >= 0.6 is 0 Å². The zero-order valence-corrected chi connectivity index (χ0v) is 14.9. The van der Waals surface area contributed by atoms with Gasteiger partial charge in [0.1, 0.15) is 12.4 Å². The molecule has 2 saturated heterocycles. The van der Waals surface area contributed by atoms with E-state index < -0.39 is 11.4 Å². The topological polar surface area (TPSA) is 76.1 Å². The quantitative estimate of drug-likeness (QED) is 0.874. The van der Waals surface area contributed by atoms with Crippen LogP contribution in [0.25, 0.3) is 0 Å². The van der Waals surface area contributed by atoms with Crippen molar-refractivity contribution in [2.24, 2.45) is 11.3 Å². The number of carbonyl (C=O) groups excluding carboxylic acids is 1. The molecule has 1 saturated carbocycles. The molecule has 4 rings (SSSR count). The molecule has 140 valence electrons. The lowest BCUT2D eigenvalue weighted by atomic mass is 9.81. The Morgan fingerprint density at radius 2 is 2.19 bits per heavy atom. The van der Waals surface area contributed by atoms with Crippen LogP contribution < -0.4 is 4.74 Å². The fraction of sp³-hybridized carbons (Fsp3) is 0.600. The molecule has 0 aromatic heterocycles. The molecule has 2 heterocycles. The Labute approximate surface area is 153 Å². The minimum absolute atomic E-state index is 0.0721. The molecule has 1 unspecified atom stereocenters. The van der Waals surface area contributed by atoms with E-state index in [1.54, 1.807) is 17.0 Å². The Hall–Kier alpha value is -2.08. The van der Waals surface area contributed by atoms with Crippen LogP contribution in [-0.4, -0.2) is 54.3 Å². The molecule has 3 atom stereocenters. The Balaban J connectivity index is 1.43. The van der Waals surface area contributed by atoms with Crippen molar-refractivity contribution in [3.63, 3.8) is 0 Å². The average molecular weight is 359 g/mol. The molecule has 3 aliphatic rings. The first-order valence-electron chi connectivity index (χ1n) is 9.46. The van der Waals surface area contributed by atoms with Gasteiger partial charge in [-0.05, 0) is 49.8 Å². The Morgan fingerprint density at radius 1 is 1.31 bits per heavy atom. The van der Waals surface area contributed by atoms with Gasteiger partial charge in [0, 0.05) is 25.3 Å². The zero-order valence-electron chi connectivity index (χ0n) is 14.9. The third kappa shape index (κ3) is 3.07. The summed E-state index contributed by atoms with van der Waals surface area (Å²) < 4.78 is 11.3. The predicted octanol–water partition coefficient (Wildman–Crippen LogP) is 2.57. The molecule has 1 amide bonds. The van der Waals surface area contributed by atoms with Crippen molar-refractivity contribution in [2.75, 3.05) is 26.3 Å². The summed E-state index contributed by atoms with van der Waals surface area (Å²) in [6.45, 7) is 2.12. The highest BCUT2D eigenvalue weighted by Crippen LogP contribution is 2.49. The molecule has 0 radical (unpaired) electrons. The summed E-state index contributed by atoms with van der Waals surface area (Å²) in [5.74, 6) is -0.145. The number of carbonyl (C=O) groups is 2. The van der Waals surface area contributed by atoms with Gasteiger partial charge < -0.3 is 19.5 Å². The Kier molecular flexibility index (Phi) is 4.61. The van der Waals surface area contributed by atoms with Crippen molar-refractivity contribution < 1.29 is 24.2 Å². The summed E-state index contributed by atoms with van der Waals surface area (Å²) >= 11 is 0. The molecule has 0 bridgehead atoms. The van der Waals surface area contributed by atoms with E-state index in [1.165, 1.54) is 0 Å². The molecule has 0 spiro atoms. The van der Waals surface area contributed by atoms with Gasteiger partial charge in [-0.1, -0.05) is 12.5 Å². The number of benzene rings is 1. The largest absolute Gasteiger partial charge is 0.491 e. The molecule has 1 aromatic carbocycles. The van der Waals surface area contributed by atoms with E-state index in [0.717, 1.165) is 32.3 Å². The molecule has 1 aromatic rings. The molecule has 1 N–H and O–H groups in total. The number of amides is 1. The monoisotopic (exact) mass is 359 g/mol. The van der Waals surface area contributed by atoms with E-state index in [4.69, 9.17) is 9.47 Å². The Bertz CT molecular complexity index is 699. The molecule has 3 fully saturated rings. The van der Waals surface area contributed by atoms with Crippen LogP contribution in [0.5, 0.6) is 5.75 Å². The molecule has 6 nitrogen and oxygen atoms in total. The van der Waals surface area contributed by atoms with Gasteiger partial charge in [0.2, 0.25) is 0 Å². The van der Waals surface area contributed by atoms with Crippen LogP contribution in [0.2, 0.25) is 0 Å². The highest BCUT2D eigenvalue weighted by atomic mass is 16.5. The Morgan fingerprint density at radius 3 is 2.92 bits per heavy atom. The fourth-order valence-corrected chi connectivity index (χ4v) is 4.66. The van der Waals surface area contributed by atoms with Crippen molar-refractivity contribution in [1.29, 1.82) is 0 Å². The summed E-state index contributed by atoms with van der Waals surface area (Å²) in [5.41, 5.74) is -0.195. The van der Waals surface area contributed by atoms with Crippen molar-refractivity contribution in [2.45, 2.75) is 38.2 Å². The second-order valence-corrected chi connectivity index (χ2v) is 7.71. The minimum atomic E-state index is -0.760. The smallest absolute Gasteiger partial charge is 0.311 e. The third-order valence-corrected chi connectivity index (χ3v) is 6.12. The number of aliphatic carboxylic acids is 1. The van der Waals surface area contributed by atoms with Crippen LogP contribution in [0.15, 0.2) is 24.3 Å². The lowest BCUT2D eigenvalue weighted by Gasteiger charge is -2.23. The van der Waals surface area contributed by atoms with Crippen LogP contribution in [0.1, 0.15) is 42.5 Å². The number of ether oxygens (including phenoxy) is 2. The van der Waals surface area contributed by atoms with Gasteiger partial charge in [0.25, 0.3) is 5.91 Å². The number of carboxylic acid groups (broad SMARTS) is 1. The van der Waals surface area contributed by atoms with E-state index in [1.807, 2.05) is 12.1 Å². The second kappa shape index (κ2) is 6.91. The van der Waals surface area contributed by atoms with Crippen LogP contribution in [0, 0.1) is 11.3 Å². The highest BCUT2D eigenvalue weighted by Gasteiger charge is 2.55. The average Bonchev–Trinajstić information content (AvgIpc) is 3.35. The van der Waals surface area contributed by atoms with Crippen molar-refractivity contribution in [3.8, 4) is 5.75 Å². The van der Waals surface area contributed by atoms with E-state index in [9.17, 15) is 14.7 Å². The summed E-state index contributed by atoms with van der Waals surface area (Å²) in [5, 5.41) is 9.69. The summed E-state index contributed by atoms with van der Waals surface area (Å²) in [6, 6.07) is 7.16. The zero-order chi connectivity index (χ0) is 18.1. The maximum absolute atomic E-state index is 12.9. The van der Waals surface area contributed by atoms with Crippen LogP contribution in [0.3, 0.4) is 0 Å². The van der Waals surface area contributed by atoms with Gasteiger partial charge in [-0.3, -0.25) is 9.59 Å². The number of nitrogens with zero attached hydrogens (tertiary/aromatic N) is 1. The number of carboxylic acids is 1. The van der Waals surface area contributed by atoms with E-state index >= 15 is 0 Å². The highest BCUT2D eigenvalue weighted by molar-refractivity contribution is 5.95. The molecule has 1 aliphatic carbocycles. The maximum atomic E-state index is 12.9. The minimum Gasteiger partial charge on any atom is -0.491 e. The summed E-state index contributed by atoms with van der Waals surface area (Å²) in [4.78, 5) is 26.4. The van der Waals surface area contributed by atoms with Crippen molar-refractivity contribution >= 4 is 11.9 Å². The maximum Gasteiger partial charge on any atom is 0.311 e. The van der Waals surface area contributed by atoms with Crippen LogP contribution in [0.4, 0.5) is 0 Å². The molecule has 6 heteroatoms. The third-order valence-electron chi connectivity index (χ3n) is 6.12. The first-order valence-corrected chi connectivity index (χ1v) is 9.46. The summed E-state index contributed by atoms with van der Waals surface area (Å²) in [7, 11) is 0. The number of rotatable bonds is 5. The van der Waals surface area contributed by atoms with Crippen LogP contribution in [-0.2, 0) is 9.53 Å². The van der Waals surface area contributed by atoms with E-state index in [2.05, 4.69) is 0 Å².